The van der Waals surface area contributed by atoms with Crippen molar-refractivity contribution in [1.29, 1.82) is 0 Å². The molecule has 0 spiro atoms. The van der Waals surface area contributed by atoms with Crippen LogP contribution in [-0.2, 0) is 27.9 Å². The van der Waals surface area contributed by atoms with Gasteiger partial charge in [-0.25, -0.2) is 4.57 Å². The standard InChI is InChI=1S/C51H90NO7P/c1-3-5-7-9-11-13-15-17-19-20-21-22-23-24-25-26-27-28-29-31-33-35-37-39-41-43-46-56-48-50(49-58-60(54,55)57-47-45-52)59-51(53)44-42-40-38-36-34-32-30-18-16-14-12-10-8-6-4-2/h5,7,11-14,17-19,21-22,24-25,30,50H,3-4,6,8-10,15-16,20,23,26-29,31-49,52H2,1-2H3,(H,54,55)/b7-5-,13-11-,14-12-,19-17-,22-21-,25-24-,30-18-. The van der Waals surface area contributed by atoms with Gasteiger partial charge < -0.3 is 20.1 Å². The zero-order valence-corrected chi connectivity index (χ0v) is 39.3. The molecule has 9 heteroatoms. The molecule has 346 valence electrons. The molecule has 0 aromatic heterocycles. The fourth-order valence-electron chi connectivity index (χ4n) is 6.29. The van der Waals surface area contributed by atoms with Crippen LogP contribution in [0.15, 0.2) is 85.1 Å². The minimum Gasteiger partial charge on any atom is -0.457 e. The van der Waals surface area contributed by atoms with Gasteiger partial charge in [-0.3, -0.25) is 13.8 Å². The minimum atomic E-state index is -4.29. The molecule has 0 aromatic rings. The summed E-state index contributed by atoms with van der Waals surface area (Å²) >= 11 is 0. The molecule has 0 saturated carbocycles. The molecular formula is C51H90NO7P. The predicted octanol–water partition coefficient (Wildman–Crippen LogP) is 14.9. The maximum Gasteiger partial charge on any atom is 0.472 e. The van der Waals surface area contributed by atoms with Crippen LogP contribution in [0, 0.1) is 0 Å². The Kier molecular flexibility index (Phi) is 45.9. The normalized spacial score (nSPS) is 14.1. The Labute approximate surface area is 368 Å². The third-order valence-electron chi connectivity index (χ3n) is 9.80. The Morgan fingerprint density at radius 1 is 0.517 bits per heavy atom. The number of rotatable bonds is 45. The van der Waals surface area contributed by atoms with Crippen molar-refractivity contribution in [3.05, 3.63) is 85.1 Å². The van der Waals surface area contributed by atoms with Crippen LogP contribution >= 0.6 is 7.82 Å². The Balaban J connectivity index is 3.98. The van der Waals surface area contributed by atoms with E-state index in [4.69, 9.17) is 24.3 Å². The molecule has 8 nitrogen and oxygen atoms in total. The molecule has 0 heterocycles. The maximum atomic E-state index is 12.6. The molecule has 3 N–H and O–H groups in total. The number of hydrogen-bond acceptors (Lipinski definition) is 7. The summed E-state index contributed by atoms with van der Waals surface area (Å²) in [6, 6.07) is 0. The molecular weight excluding hydrogens is 770 g/mol. The Hall–Kier alpha value is -2.32. The van der Waals surface area contributed by atoms with Crippen molar-refractivity contribution >= 4 is 13.8 Å². The highest BCUT2D eigenvalue weighted by Crippen LogP contribution is 2.43. The Morgan fingerprint density at radius 3 is 1.40 bits per heavy atom. The van der Waals surface area contributed by atoms with Gasteiger partial charge in [-0.05, 0) is 89.9 Å². The first kappa shape index (κ1) is 57.7. The molecule has 0 radical (unpaired) electrons. The summed E-state index contributed by atoms with van der Waals surface area (Å²) in [6.07, 6.45) is 61.8. The van der Waals surface area contributed by atoms with E-state index in [9.17, 15) is 14.3 Å². The fourth-order valence-corrected chi connectivity index (χ4v) is 7.05. The third kappa shape index (κ3) is 46.7. The molecule has 0 amide bonds. The van der Waals surface area contributed by atoms with Gasteiger partial charge in [-0.15, -0.1) is 0 Å². The molecule has 0 aliphatic rings. The van der Waals surface area contributed by atoms with Crippen LogP contribution in [0.25, 0.3) is 0 Å². The van der Waals surface area contributed by atoms with Crippen LogP contribution in [0.5, 0.6) is 0 Å². The Bertz CT molecular complexity index is 1190. The Morgan fingerprint density at radius 2 is 0.933 bits per heavy atom. The van der Waals surface area contributed by atoms with E-state index in [1.54, 1.807) is 0 Å². The highest BCUT2D eigenvalue weighted by Gasteiger charge is 2.25. The molecule has 0 fully saturated rings. The van der Waals surface area contributed by atoms with Gasteiger partial charge in [0.15, 0.2) is 0 Å². The number of phosphoric acid groups is 1. The monoisotopic (exact) mass is 860 g/mol. The smallest absolute Gasteiger partial charge is 0.457 e. The number of ether oxygens (including phenoxy) is 2. The van der Waals surface area contributed by atoms with Crippen LogP contribution < -0.4 is 5.73 Å². The minimum absolute atomic E-state index is 0.0932. The van der Waals surface area contributed by atoms with Crippen molar-refractivity contribution < 1.29 is 32.8 Å². The largest absolute Gasteiger partial charge is 0.472 e. The second kappa shape index (κ2) is 47.7. The second-order valence-corrected chi connectivity index (χ2v) is 17.0. The highest BCUT2D eigenvalue weighted by atomic mass is 31.2. The highest BCUT2D eigenvalue weighted by molar-refractivity contribution is 7.47. The van der Waals surface area contributed by atoms with Gasteiger partial charge in [0, 0.05) is 19.6 Å². The molecule has 0 aromatic carbocycles. The molecule has 0 rings (SSSR count). The quantitative estimate of drug-likeness (QED) is 0.0269. The van der Waals surface area contributed by atoms with Gasteiger partial charge in [0.2, 0.25) is 0 Å². The van der Waals surface area contributed by atoms with Gasteiger partial charge in [0.05, 0.1) is 19.8 Å². The lowest BCUT2D eigenvalue weighted by Gasteiger charge is -2.20. The molecule has 0 bridgehead atoms. The summed E-state index contributed by atoms with van der Waals surface area (Å²) in [6.45, 7) is 4.74. The number of unbranched alkanes of at least 4 members (excludes halogenated alkanes) is 18. The lowest BCUT2D eigenvalue weighted by Crippen LogP contribution is -2.28. The van der Waals surface area contributed by atoms with Gasteiger partial charge in [-0.1, -0.05) is 182 Å². The first-order valence-electron chi connectivity index (χ1n) is 24.1. The molecule has 2 unspecified atom stereocenters. The first-order valence-corrected chi connectivity index (χ1v) is 25.6. The van der Waals surface area contributed by atoms with E-state index >= 15 is 0 Å². The van der Waals surface area contributed by atoms with E-state index in [0.717, 1.165) is 89.9 Å². The molecule has 2 atom stereocenters. The number of carbonyl (C=O) groups is 1. The van der Waals surface area contributed by atoms with Crippen LogP contribution in [0.3, 0.4) is 0 Å². The maximum absolute atomic E-state index is 12.6. The summed E-state index contributed by atoms with van der Waals surface area (Å²) in [5.74, 6) is -0.348. The number of allylic oxidation sites excluding steroid dienone is 14. The summed E-state index contributed by atoms with van der Waals surface area (Å²) in [7, 11) is -4.29. The summed E-state index contributed by atoms with van der Waals surface area (Å²) in [5, 5.41) is 0. The van der Waals surface area contributed by atoms with Crippen molar-refractivity contribution in [3.63, 3.8) is 0 Å². The van der Waals surface area contributed by atoms with Crippen molar-refractivity contribution in [2.24, 2.45) is 5.73 Å². The fraction of sp³-hybridized carbons (Fsp3) is 0.706. The van der Waals surface area contributed by atoms with Crippen molar-refractivity contribution in [2.45, 2.75) is 200 Å². The van der Waals surface area contributed by atoms with Crippen molar-refractivity contribution in [2.75, 3.05) is 33.0 Å². The zero-order valence-electron chi connectivity index (χ0n) is 38.4. The van der Waals surface area contributed by atoms with Crippen LogP contribution in [-0.4, -0.2) is 49.9 Å². The van der Waals surface area contributed by atoms with Crippen LogP contribution in [0.2, 0.25) is 0 Å². The van der Waals surface area contributed by atoms with E-state index in [1.165, 1.54) is 83.5 Å². The van der Waals surface area contributed by atoms with Gasteiger partial charge in [-0.2, -0.15) is 0 Å². The van der Waals surface area contributed by atoms with Crippen molar-refractivity contribution in [1.82, 2.24) is 0 Å². The van der Waals surface area contributed by atoms with E-state index in [0.29, 0.717) is 13.0 Å². The first-order chi connectivity index (χ1) is 29.4. The topological polar surface area (TPSA) is 117 Å². The predicted molar refractivity (Wildman–Crippen MR) is 256 cm³/mol. The zero-order chi connectivity index (χ0) is 43.7. The number of carbonyl (C=O) groups excluding carboxylic acids is 1. The summed E-state index contributed by atoms with van der Waals surface area (Å²) in [4.78, 5) is 22.5. The number of nitrogens with two attached hydrogens (primary N) is 1. The average Bonchev–Trinajstić information content (AvgIpc) is 3.24. The van der Waals surface area contributed by atoms with Gasteiger partial charge >= 0.3 is 13.8 Å². The average molecular weight is 860 g/mol. The lowest BCUT2D eigenvalue weighted by atomic mass is 10.1. The number of phosphoric ester groups is 1. The molecule has 0 aliphatic carbocycles. The van der Waals surface area contributed by atoms with E-state index in [1.807, 2.05) is 0 Å². The lowest BCUT2D eigenvalue weighted by molar-refractivity contribution is -0.154. The summed E-state index contributed by atoms with van der Waals surface area (Å²) < 4.78 is 33.5. The second-order valence-electron chi connectivity index (χ2n) is 15.6. The van der Waals surface area contributed by atoms with Gasteiger partial charge in [0.1, 0.15) is 6.10 Å². The number of esters is 1. The van der Waals surface area contributed by atoms with Crippen molar-refractivity contribution in [3.8, 4) is 0 Å². The summed E-state index contributed by atoms with van der Waals surface area (Å²) in [5.41, 5.74) is 5.38. The molecule has 0 saturated heterocycles. The molecule has 0 aliphatic heterocycles. The molecule has 60 heavy (non-hydrogen) atoms. The van der Waals surface area contributed by atoms with Crippen LogP contribution in [0.1, 0.15) is 194 Å². The van der Waals surface area contributed by atoms with Gasteiger partial charge in [0.25, 0.3) is 0 Å². The SMILES string of the molecule is CC/C=C\C/C=C\C/C=C\C/C=C\C/C=C\CCCCCCCCCCCCOCC(COP(=O)(O)OCCN)OC(=O)CCCCCCC/C=C\C/C=C\CCCCC. The van der Waals surface area contributed by atoms with E-state index in [2.05, 4.69) is 98.9 Å². The van der Waals surface area contributed by atoms with E-state index < -0.39 is 13.9 Å². The number of hydrogen-bond donors (Lipinski definition) is 2. The van der Waals surface area contributed by atoms with E-state index in [-0.39, 0.29) is 32.3 Å². The third-order valence-corrected chi connectivity index (χ3v) is 10.8. The van der Waals surface area contributed by atoms with Crippen LogP contribution in [0.4, 0.5) is 0 Å².